The first-order valence-electron chi connectivity index (χ1n) is 10.6. The molecular formula is C23H28N4O2. The smallest absolute Gasteiger partial charge is 0.347 e. The van der Waals surface area contributed by atoms with Crippen molar-refractivity contribution >= 4 is 10.9 Å². The second kappa shape index (κ2) is 7.67. The van der Waals surface area contributed by atoms with E-state index in [1.165, 1.54) is 23.7 Å². The third-order valence-corrected chi connectivity index (χ3v) is 6.31. The lowest BCUT2D eigenvalue weighted by atomic mass is 10.1. The summed E-state index contributed by atoms with van der Waals surface area (Å²) in [5.41, 5.74) is 2.10. The molecular weight excluding hydrogens is 364 g/mol. The maximum absolute atomic E-state index is 11.7. The van der Waals surface area contributed by atoms with E-state index in [0.717, 1.165) is 56.4 Å². The molecule has 1 saturated heterocycles. The lowest BCUT2D eigenvalue weighted by Crippen LogP contribution is -2.39. The summed E-state index contributed by atoms with van der Waals surface area (Å²) in [6, 6.07) is 10.5. The summed E-state index contributed by atoms with van der Waals surface area (Å²) in [7, 11) is 1.79. The minimum absolute atomic E-state index is 0.192. The Morgan fingerprint density at radius 2 is 1.93 bits per heavy atom. The number of aromatic nitrogens is 3. The zero-order valence-electron chi connectivity index (χ0n) is 17.0. The van der Waals surface area contributed by atoms with Gasteiger partial charge < -0.3 is 9.30 Å². The molecule has 2 fully saturated rings. The van der Waals surface area contributed by atoms with Crippen molar-refractivity contribution in [2.45, 2.75) is 44.9 Å². The summed E-state index contributed by atoms with van der Waals surface area (Å²) in [5.74, 6) is 1.87. The molecule has 152 valence electrons. The lowest BCUT2D eigenvalue weighted by Gasteiger charge is -2.32. The van der Waals surface area contributed by atoms with Crippen LogP contribution in [-0.4, -0.2) is 38.2 Å². The maximum atomic E-state index is 11.7. The van der Waals surface area contributed by atoms with E-state index in [1.54, 1.807) is 17.8 Å². The van der Waals surface area contributed by atoms with Crippen molar-refractivity contribution in [3.8, 4) is 5.75 Å². The number of benzene rings is 1. The second-order valence-corrected chi connectivity index (χ2v) is 8.47. The minimum atomic E-state index is -0.192. The van der Waals surface area contributed by atoms with Crippen molar-refractivity contribution in [3.63, 3.8) is 0 Å². The van der Waals surface area contributed by atoms with Crippen LogP contribution in [0.4, 0.5) is 0 Å². The monoisotopic (exact) mass is 392 g/mol. The molecule has 2 aliphatic rings. The zero-order valence-corrected chi connectivity index (χ0v) is 17.0. The van der Waals surface area contributed by atoms with Gasteiger partial charge in [-0.2, -0.15) is 0 Å². The fourth-order valence-electron chi connectivity index (χ4n) is 4.30. The van der Waals surface area contributed by atoms with Gasteiger partial charge in [-0.25, -0.2) is 9.78 Å². The van der Waals surface area contributed by atoms with Gasteiger partial charge in [-0.3, -0.25) is 9.47 Å². The summed E-state index contributed by atoms with van der Waals surface area (Å²) in [4.78, 5) is 17.9. The summed E-state index contributed by atoms with van der Waals surface area (Å²) in [6.07, 6.45) is 8.77. The number of likely N-dealkylation sites (tertiary alicyclic amines) is 1. The Labute approximate surface area is 170 Å². The third-order valence-electron chi connectivity index (χ3n) is 6.31. The molecule has 6 nitrogen and oxygen atoms in total. The number of nitrogens with zero attached hydrogens (tertiary/aromatic N) is 4. The number of ether oxygens (including phenoxy) is 1. The van der Waals surface area contributed by atoms with Gasteiger partial charge in [0.05, 0.1) is 5.52 Å². The highest BCUT2D eigenvalue weighted by Crippen LogP contribution is 2.34. The largest absolute Gasteiger partial charge is 0.490 e. The molecule has 0 radical (unpaired) electrons. The quantitative estimate of drug-likeness (QED) is 0.647. The third kappa shape index (κ3) is 3.94. The average molecular weight is 393 g/mol. The van der Waals surface area contributed by atoms with Crippen LogP contribution in [0.1, 0.15) is 31.4 Å². The molecule has 0 N–H and O–H groups in total. The Morgan fingerprint density at radius 1 is 1.10 bits per heavy atom. The maximum Gasteiger partial charge on any atom is 0.347 e. The van der Waals surface area contributed by atoms with E-state index < -0.39 is 0 Å². The molecule has 0 bridgehead atoms. The summed E-state index contributed by atoms with van der Waals surface area (Å²) in [6.45, 7) is 3.85. The standard InChI is InChI=1S/C23H28N4O2/c1-25-18(7-11-24-23(25)28)16-26-12-8-19(9-13-26)29-22-4-2-3-21-20(22)10-14-27(21)15-17-5-6-17/h2-4,7,10-11,14,17,19H,5-6,8-9,12-13,15-16H2,1H3. The Hall–Kier alpha value is -2.60. The van der Waals surface area contributed by atoms with Crippen molar-refractivity contribution in [2.24, 2.45) is 13.0 Å². The van der Waals surface area contributed by atoms with Crippen LogP contribution in [0.25, 0.3) is 10.9 Å². The molecule has 2 aromatic heterocycles. The van der Waals surface area contributed by atoms with Crippen LogP contribution in [0.5, 0.6) is 5.75 Å². The van der Waals surface area contributed by atoms with E-state index in [1.807, 2.05) is 6.07 Å². The Morgan fingerprint density at radius 3 is 2.72 bits per heavy atom. The van der Waals surface area contributed by atoms with Crippen LogP contribution in [0, 0.1) is 5.92 Å². The molecule has 5 rings (SSSR count). The van der Waals surface area contributed by atoms with Crippen LogP contribution in [0.3, 0.4) is 0 Å². The van der Waals surface area contributed by atoms with E-state index in [-0.39, 0.29) is 11.8 Å². The highest BCUT2D eigenvalue weighted by molar-refractivity contribution is 5.86. The highest BCUT2D eigenvalue weighted by atomic mass is 16.5. The van der Waals surface area contributed by atoms with Gasteiger partial charge in [0.2, 0.25) is 0 Å². The molecule has 0 amide bonds. The predicted molar refractivity (Wildman–Crippen MR) is 113 cm³/mol. The molecule has 3 heterocycles. The minimum Gasteiger partial charge on any atom is -0.490 e. The molecule has 0 unspecified atom stereocenters. The molecule has 3 aromatic rings. The van der Waals surface area contributed by atoms with Crippen molar-refractivity contribution in [1.82, 2.24) is 19.0 Å². The van der Waals surface area contributed by atoms with Crippen LogP contribution in [0.2, 0.25) is 0 Å². The Bertz CT molecular complexity index is 1060. The first-order valence-corrected chi connectivity index (χ1v) is 10.6. The van der Waals surface area contributed by atoms with Crippen molar-refractivity contribution < 1.29 is 4.74 Å². The molecule has 0 atom stereocenters. The number of hydrogen-bond acceptors (Lipinski definition) is 4. The topological polar surface area (TPSA) is 52.3 Å². The molecule has 6 heteroatoms. The zero-order chi connectivity index (χ0) is 19.8. The van der Waals surface area contributed by atoms with Crippen molar-refractivity contribution in [1.29, 1.82) is 0 Å². The van der Waals surface area contributed by atoms with Crippen LogP contribution < -0.4 is 10.4 Å². The summed E-state index contributed by atoms with van der Waals surface area (Å²) in [5, 5.41) is 1.22. The summed E-state index contributed by atoms with van der Waals surface area (Å²) < 4.78 is 10.4. The normalized spacial score (nSPS) is 18.4. The van der Waals surface area contributed by atoms with Gasteiger partial charge in [0.25, 0.3) is 0 Å². The number of fused-ring (bicyclic) bond motifs is 1. The Balaban J connectivity index is 1.22. The number of hydrogen-bond donors (Lipinski definition) is 0. The molecule has 29 heavy (non-hydrogen) atoms. The molecule has 0 spiro atoms. The van der Waals surface area contributed by atoms with Crippen LogP contribution in [0.15, 0.2) is 47.5 Å². The second-order valence-electron chi connectivity index (χ2n) is 8.47. The van der Waals surface area contributed by atoms with E-state index in [0.29, 0.717) is 0 Å². The van der Waals surface area contributed by atoms with Crippen molar-refractivity contribution in [2.75, 3.05) is 13.1 Å². The molecule has 1 saturated carbocycles. The predicted octanol–water partition coefficient (Wildman–Crippen LogP) is 3.19. The van der Waals surface area contributed by atoms with E-state index in [4.69, 9.17) is 4.74 Å². The van der Waals surface area contributed by atoms with Crippen LogP contribution >= 0.6 is 0 Å². The molecule has 1 aliphatic carbocycles. The van der Waals surface area contributed by atoms with Gasteiger partial charge in [-0.05, 0) is 55.9 Å². The van der Waals surface area contributed by atoms with Gasteiger partial charge in [0.15, 0.2) is 0 Å². The Kier molecular flexibility index (Phi) is 4.87. The van der Waals surface area contributed by atoms with Gasteiger partial charge >= 0.3 is 5.69 Å². The summed E-state index contributed by atoms with van der Waals surface area (Å²) >= 11 is 0. The highest BCUT2D eigenvalue weighted by Gasteiger charge is 2.24. The van der Waals surface area contributed by atoms with E-state index in [9.17, 15) is 4.79 Å². The van der Waals surface area contributed by atoms with E-state index >= 15 is 0 Å². The van der Waals surface area contributed by atoms with Gasteiger partial charge in [-0.15, -0.1) is 0 Å². The molecule has 1 aromatic carbocycles. The number of piperidine rings is 1. The van der Waals surface area contributed by atoms with Crippen molar-refractivity contribution in [3.05, 3.63) is 58.9 Å². The van der Waals surface area contributed by atoms with E-state index in [2.05, 4.69) is 44.9 Å². The fraction of sp³-hybridized carbons (Fsp3) is 0.478. The number of rotatable bonds is 6. The first-order chi connectivity index (χ1) is 14.2. The van der Waals surface area contributed by atoms with Gasteiger partial charge in [0.1, 0.15) is 11.9 Å². The average Bonchev–Trinajstić information content (AvgIpc) is 3.45. The SMILES string of the molecule is Cn1c(CN2CCC(Oc3cccc4c3ccn4CC3CC3)CC2)ccnc1=O. The van der Waals surface area contributed by atoms with Crippen LogP contribution in [-0.2, 0) is 20.1 Å². The van der Waals surface area contributed by atoms with Gasteiger partial charge in [-0.1, -0.05) is 6.07 Å². The van der Waals surface area contributed by atoms with Gasteiger partial charge in [0, 0.05) is 56.7 Å². The lowest BCUT2D eigenvalue weighted by molar-refractivity contribution is 0.0966. The fourth-order valence-corrected chi connectivity index (χ4v) is 4.30. The molecule has 1 aliphatic heterocycles. The first kappa shape index (κ1) is 18.4.